The first kappa shape index (κ1) is 51.8. The first-order chi connectivity index (χ1) is 24.4. The Morgan fingerprint density at radius 2 is 0.780 bits per heavy atom. The van der Waals surface area contributed by atoms with Crippen LogP contribution in [0, 0.1) is 17.8 Å². The number of hydrogen-bond donors (Lipinski definition) is 0. The Balaban J connectivity index is -0.000000575. The molecule has 1 heteroatoms. The Kier molecular flexibility index (Phi) is 34.8. The summed E-state index contributed by atoms with van der Waals surface area (Å²) in [6.45, 7) is 38.8. The van der Waals surface area contributed by atoms with Gasteiger partial charge < -0.3 is 4.74 Å². The maximum atomic E-state index is 5.60. The molecule has 0 saturated carbocycles. The van der Waals surface area contributed by atoms with Crippen LogP contribution in [0.2, 0.25) is 0 Å². The van der Waals surface area contributed by atoms with E-state index in [1.165, 1.54) is 37.7 Å². The van der Waals surface area contributed by atoms with Crippen molar-refractivity contribution in [2.45, 2.75) is 181 Å². The molecule has 0 aromatic heterocycles. The molecule has 0 bridgehead atoms. The average Bonchev–Trinajstić information content (AvgIpc) is 3.64. The van der Waals surface area contributed by atoms with Crippen LogP contribution in [-0.4, -0.2) is 6.61 Å². The van der Waals surface area contributed by atoms with E-state index in [4.69, 9.17) is 4.74 Å². The van der Waals surface area contributed by atoms with Gasteiger partial charge in [-0.3, -0.25) is 0 Å². The molecule has 50 heavy (non-hydrogen) atoms. The van der Waals surface area contributed by atoms with E-state index in [-0.39, 0.29) is 0 Å². The van der Waals surface area contributed by atoms with Crippen molar-refractivity contribution in [1.82, 2.24) is 0 Å². The third-order valence-electron chi connectivity index (χ3n) is 9.01. The van der Waals surface area contributed by atoms with E-state index in [9.17, 15) is 0 Å². The minimum Gasteiger partial charge on any atom is -0.493 e. The fourth-order valence-corrected chi connectivity index (χ4v) is 6.83. The fraction of sp³-hybridized carbons (Fsp3) is 0.633. The van der Waals surface area contributed by atoms with Crippen LogP contribution in [-0.2, 0) is 12.8 Å². The number of ether oxygens (including phenoxy) is 1. The average molecular weight is 691 g/mol. The number of benzene rings is 3. The minimum absolute atomic E-state index is 0.685. The molecule has 1 heterocycles. The second kappa shape index (κ2) is 33.6. The highest BCUT2D eigenvalue weighted by Crippen LogP contribution is 2.39. The van der Waals surface area contributed by atoms with Crippen molar-refractivity contribution in [3.63, 3.8) is 0 Å². The first-order valence-electron chi connectivity index (χ1n) is 21.2. The summed E-state index contributed by atoms with van der Waals surface area (Å²) in [6.07, 6.45) is 7.86. The van der Waals surface area contributed by atoms with Crippen LogP contribution in [0.4, 0.5) is 0 Å². The Hall–Kier alpha value is -2.54. The van der Waals surface area contributed by atoms with Gasteiger partial charge in [-0.25, -0.2) is 0 Å². The molecule has 3 aromatic carbocycles. The largest absolute Gasteiger partial charge is 0.493 e. The van der Waals surface area contributed by atoms with Gasteiger partial charge in [0.15, 0.2) is 0 Å². The Morgan fingerprint density at radius 3 is 1.24 bits per heavy atom. The van der Waals surface area contributed by atoms with Crippen molar-refractivity contribution in [2.75, 3.05) is 6.61 Å². The standard InChI is InChI=1S/C13H18.C12H16O.C12H16.6C2H6/c1-10(2)12-9-5-7-11-6-3-4-8-13(11)12;1-9(2)10-7-8-13-12-6-4-3-5-11(10)12;1-9(2)11-8-7-10-5-3-4-6-12(10)11;6*1-2/h3-4,6,8,10,12H,5,7,9H2,1-2H3;3-6,9-10H,7-8H2,1-2H3;3-6,9,11H,7-8H2,1-2H3;6*1-2H3. The molecule has 2 aliphatic carbocycles. The van der Waals surface area contributed by atoms with Crippen LogP contribution in [0.3, 0.4) is 0 Å². The predicted molar refractivity (Wildman–Crippen MR) is 232 cm³/mol. The van der Waals surface area contributed by atoms with Gasteiger partial charge in [-0.05, 0) is 108 Å². The maximum Gasteiger partial charge on any atom is 0.122 e. The van der Waals surface area contributed by atoms with Crippen molar-refractivity contribution in [3.05, 3.63) is 101 Å². The van der Waals surface area contributed by atoms with E-state index in [2.05, 4.69) is 108 Å². The maximum absolute atomic E-state index is 5.60. The lowest BCUT2D eigenvalue weighted by atomic mass is 9.77. The summed E-state index contributed by atoms with van der Waals surface area (Å²) in [6, 6.07) is 26.3. The zero-order valence-electron chi connectivity index (χ0n) is 36.8. The molecular formula is C49H86O. The van der Waals surface area contributed by atoms with Crippen LogP contribution in [0.25, 0.3) is 0 Å². The highest BCUT2D eigenvalue weighted by molar-refractivity contribution is 5.38. The summed E-state index contributed by atoms with van der Waals surface area (Å²) in [4.78, 5) is 0. The van der Waals surface area contributed by atoms with Crippen LogP contribution >= 0.6 is 0 Å². The molecule has 6 rings (SSSR count). The Morgan fingerprint density at radius 1 is 0.420 bits per heavy atom. The summed E-state index contributed by atoms with van der Waals surface area (Å²) in [5, 5.41) is 0. The summed E-state index contributed by atoms with van der Waals surface area (Å²) < 4.78 is 5.60. The van der Waals surface area contributed by atoms with Crippen LogP contribution in [0.1, 0.15) is 196 Å². The second-order valence-electron chi connectivity index (χ2n) is 12.6. The molecule has 0 saturated heterocycles. The Bertz CT molecular complexity index is 1080. The van der Waals surface area contributed by atoms with Crippen LogP contribution in [0.15, 0.2) is 72.8 Å². The van der Waals surface area contributed by atoms with Gasteiger partial charge in [0.05, 0.1) is 6.61 Å². The third kappa shape index (κ3) is 17.6. The van der Waals surface area contributed by atoms with E-state index in [0.717, 1.165) is 42.4 Å². The topological polar surface area (TPSA) is 9.23 Å². The summed E-state index contributed by atoms with van der Waals surface area (Å²) in [5.41, 5.74) is 7.78. The van der Waals surface area contributed by atoms with Crippen molar-refractivity contribution < 1.29 is 4.74 Å². The van der Waals surface area contributed by atoms with E-state index < -0.39 is 0 Å². The highest BCUT2D eigenvalue weighted by Gasteiger charge is 2.25. The molecule has 0 radical (unpaired) electrons. The summed E-state index contributed by atoms with van der Waals surface area (Å²) >= 11 is 0. The number of rotatable bonds is 3. The number of hydrogen-bond acceptors (Lipinski definition) is 1. The van der Waals surface area contributed by atoms with Crippen LogP contribution in [0.5, 0.6) is 5.75 Å². The van der Waals surface area contributed by atoms with Gasteiger partial charge in [-0.15, -0.1) is 0 Å². The predicted octanol–water partition coefficient (Wildman–Crippen LogP) is 16.5. The van der Waals surface area contributed by atoms with Crippen molar-refractivity contribution >= 4 is 0 Å². The highest BCUT2D eigenvalue weighted by atomic mass is 16.5. The summed E-state index contributed by atoms with van der Waals surface area (Å²) in [5.74, 6) is 5.71. The van der Waals surface area contributed by atoms with Gasteiger partial charge in [0.1, 0.15) is 5.75 Å². The lowest BCUT2D eigenvalue weighted by molar-refractivity contribution is 0.247. The molecule has 3 aliphatic rings. The van der Waals surface area contributed by atoms with Gasteiger partial charge in [-0.2, -0.15) is 0 Å². The van der Waals surface area contributed by atoms with Crippen molar-refractivity contribution in [3.8, 4) is 5.75 Å². The molecule has 3 atom stereocenters. The third-order valence-corrected chi connectivity index (χ3v) is 9.01. The molecule has 0 amide bonds. The molecule has 0 fully saturated rings. The van der Waals surface area contributed by atoms with Gasteiger partial charge in [0.25, 0.3) is 0 Å². The SMILES string of the molecule is CC.CC.CC.CC.CC.CC.CC(C)C1CCCc2ccccc21.CC(C)C1CCOc2ccccc21.CC(C)C1CCc2ccccc21. The molecule has 288 valence electrons. The lowest BCUT2D eigenvalue weighted by Gasteiger charge is -2.28. The first-order valence-corrected chi connectivity index (χ1v) is 21.2. The molecule has 3 aromatic rings. The normalized spacial score (nSPS) is 16.9. The molecule has 1 aliphatic heterocycles. The Labute approximate surface area is 315 Å². The molecule has 0 N–H and O–H groups in total. The zero-order valence-corrected chi connectivity index (χ0v) is 36.8. The molecule has 1 nitrogen and oxygen atoms in total. The zero-order chi connectivity index (χ0) is 39.1. The van der Waals surface area contributed by atoms with E-state index in [0.29, 0.717) is 11.8 Å². The monoisotopic (exact) mass is 691 g/mol. The van der Waals surface area contributed by atoms with Crippen molar-refractivity contribution in [2.24, 2.45) is 17.8 Å². The van der Waals surface area contributed by atoms with E-state index in [1.54, 1.807) is 22.3 Å². The minimum atomic E-state index is 0.685. The van der Waals surface area contributed by atoms with Gasteiger partial charge in [-0.1, -0.05) is 191 Å². The number of fused-ring (bicyclic) bond motifs is 3. The lowest BCUT2D eigenvalue weighted by Crippen LogP contribution is -2.17. The fourth-order valence-electron chi connectivity index (χ4n) is 6.83. The van der Waals surface area contributed by atoms with Gasteiger partial charge >= 0.3 is 0 Å². The van der Waals surface area contributed by atoms with E-state index in [1.807, 2.05) is 89.2 Å². The number of aryl methyl sites for hydroxylation is 2. The van der Waals surface area contributed by atoms with Crippen LogP contribution < -0.4 is 4.74 Å². The van der Waals surface area contributed by atoms with E-state index >= 15 is 0 Å². The van der Waals surface area contributed by atoms with Gasteiger partial charge in [0.2, 0.25) is 0 Å². The second-order valence-corrected chi connectivity index (χ2v) is 12.6. The quantitative estimate of drug-likeness (QED) is 0.266. The molecule has 0 spiro atoms. The van der Waals surface area contributed by atoms with Crippen molar-refractivity contribution in [1.29, 1.82) is 0 Å². The summed E-state index contributed by atoms with van der Waals surface area (Å²) in [7, 11) is 0. The smallest absolute Gasteiger partial charge is 0.122 e. The van der Waals surface area contributed by atoms with Gasteiger partial charge in [0, 0.05) is 0 Å². The molecular weight excluding hydrogens is 605 g/mol. The number of para-hydroxylation sites is 1. The molecule has 3 unspecified atom stereocenters.